The monoisotopic (exact) mass is 294 g/mol. The van der Waals surface area contributed by atoms with Crippen LogP contribution in [0.5, 0.6) is 5.75 Å². The molecule has 2 rings (SSSR count). The summed E-state index contributed by atoms with van der Waals surface area (Å²) in [7, 11) is 1.76. The van der Waals surface area contributed by atoms with E-state index in [4.69, 9.17) is 0 Å². The lowest BCUT2D eigenvalue weighted by atomic mass is 10.1. The van der Waals surface area contributed by atoms with Crippen molar-refractivity contribution >= 4 is 5.91 Å². The van der Waals surface area contributed by atoms with Crippen LogP contribution in [0.3, 0.4) is 0 Å². The van der Waals surface area contributed by atoms with Crippen LogP contribution in [0, 0.1) is 0 Å². The van der Waals surface area contributed by atoms with Crippen molar-refractivity contribution in [2.75, 3.05) is 0 Å². The number of hydrogen-bond acceptors (Lipinski definition) is 2. The van der Waals surface area contributed by atoms with E-state index in [1.165, 1.54) is 6.07 Å². The highest BCUT2D eigenvalue weighted by Crippen LogP contribution is 2.26. The van der Waals surface area contributed by atoms with Crippen LogP contribution < -0.4 is 10.1 Å². The lowest BCUT2D eigenvalue weighted by molar-refractivity contribution is -0.0506. The number of aryl methyl sites for hydroxylation is 1. The average molecular weight is 294 g/mol. The minimum Gasteiger partial charge on any atom is -0.434 e. The second-order valence-corrected chi connectivity index (χ2v) is 4.62. The van der Waals surface area contributed by atoms with E-state index in [-0.39, 0.29) is 11.7 Å². The fraction of sp³-hybridized carbons (Fsp3) is 0.267. The van der Waals surface area contributed by atoms with Crippen molar-refractivity contribution < 1.29 is 18.3 Å². The molecule has 6 heteroatoms. The van der Waals surface area contributed by atoms with Crippen LogP contribution in [0.2, 0.25) is 0 Å². The van der Waals surface area contributed by atoms with Gasteiger partial charge in [0, 0.05) is 18.8 Å². The maximum Gasteiger partial charge on any atom is 0.387 e. The summed E-state index contributed by atoms with van der Waals surface area (Å²) in [5, 5.41) is 2.77. The number of amides is 1. The second-order valence-electron chi connectivity index (χ2n) is 4.62. The predicted molar refractivity (Wildman–Crippen MR) is 74.4 cm³/mol. The van der Waals surface area contributed by atoms with Crippen molar-refractivity contribution in [3.8, 4) is 5.75 Å². The highest BCUT2D eigenvalue weighted by atomic mass is 19.3. The van der Waals surface area contributed by atoms with Gasteiger partial charge in [0.25, 0.3) is 5.91 Å². The van der Waals surface area contributed by atoms with Crippen LogP contribution in [0.1, 0.15) is 29.0 Å². The van der Waals surface area contributed by atoms with E-state index in [9.17, 15) is 13.6 Å². The lowest BCUT2D eigenvalue weighted by Gasteiger charge is -2.18. The number of rotatable bonds is 5. The molecule has 1 aromatic heterocycles. The number of hydrogen-bond donors (Lipinski definition) is 1. The van der Waals surface area contributed by atoms with Gasteiger partial charge in [0.15, 0.2) is 0 Å². The molecule has 1 atom stereocenters. The summed E-state index contributed by atoms with van der Waals surface area (Å²) in [6.45, 7) is -1.18. The number of halogens is 2. The summed E-state index contributed by atoms with van der Waals surface area (Å²) in [5.41, 5.74) is 0.995. The molecule has 0 bridgehead atoms. The van der Waals surface area contributed by atoms with E-state index in [1.54, 1.807) is 55.1 Å². The van der Waals surface area contributed by atoms with E-state index in [0.29, 0.717) is 11.3 Å². The van der Waals surface area contributed by atoms with Crippen molar-refractivity contribution in [3.05, 3.63) is 53.9 Å². The van der Waals surface area contributed by atoms with Crippen LogP contribution in [0.25, 0.3) is 0 Å². The zero-order chi connectivity index (χ0) is 15.4. The summed E-state index contributed by atoms with van der Waals surface area (Å²) < 4.78 is 30.9. The molecule has 0 radical (unpaired) electrons. The number of nitrogens with zero attached hydrogens (tertiary/aromatic N) is 1. The minimum absolute atomic E-state index is 0.0622. The molecule has 2 aromatic rings. The molecular weight excluding hydrogens is 278 g/mol. The normalized spacial score (nSPS) is 12.2. The molecule has 0 saturated heterocycles. The average Bonchev–Trinajstić information content (AvgIpc) is 2.85. The Balaban J connectivity index is 2.15. The molecule has 21 heavy (non-hydrogen) atoms. The Morgan fingerprint density at radius 2 is 1.95 bits per heavy atom. The molecule has 4 nitrogen and oxygen atoms in total. The van der Waals surface area contributed by atoms with Crippen molar-refractivity contribution in [1.29, 1.82) is 0 Å². The highest BCUT2D eigenvalue weighted by molar-refractivity contribution is 5.93. The van der Waals surface area contributed by atoms with E-state index in [0.717, 1.165) is 0 Å². The maximum atomic E-state index is 12.4. The molecule has 1 aromatic carbocycles. The number of carbonyl (C=O) groups is 1. The molecule has 112 valence electrons. The molecule has 0 aliphatic carbocycles. The fourth-order valence-corrected chi connectivity index (χ4v) is 2.09. The van der Waals surface area contributed by atoms with Crippen molar-refractivity contribution in [1.82, 2.24) is 9.88 Å². The second kappa shape index (κ2) is 6.39. The predicted octanol–water partition coefficient (Wildman–Crippen LogP) is 3.12. The lowest BCUT2D eigenvalue weighted by Crippen LogP contribution is -2.28. The van der Waals surface area contributed by atoms with E-state index in [1.807, 2.05) is 0 Å². The SMILES string of the molecule is CC(NC(=O)c1cccn1C)c1ccccc1OC(F)F. The molecular formula is C15H16F2N2O2. The third-order valence-electron chi connectivity index (χ3n) is 3.13. The number of benzene rings is 1. The first-order valence-corrected chi connectivity index (χ1v) is 6.45. The molecule has 1 heterocycles. The van der Waals surface area contributed by atoms with Gasteiger partial charge in [-0.2, -0.15) is 8.78 Å². The number of alkyl halides is 2. The van der Waals surface area contributed by atoms with E-state index >= 15 is 0 Å². The molecule has 1 amide bonds. The topological polar surface area (TPSA) is 43.3 Å². The summed E-state index contributed by atoms with van der Waals surface area (Å²) in [6.07, 6.45) is 1.76. The molecule has 1 N–H and O–H groups in total. The fourth-order valence-electron chi connectivity index (χ4n) is 2.09. The van der Waals surface area contributed by atoms with Gasteiger partial charge in [-0.25, -0.2) is 0 Å². The van der Waals surface area contributed by atoms with Crippen LogP contribution in [0.4, 0.5) is 8.78 Å². The molecule has 0 aliphatic rings. The Bertz CT molecular complexity index is 626. The van der Waals surface area contributed by atoms with Crippen LogP contribution in [-0.4, -0.2) is 17.1 Å². The minimum atomic E-state index is -2.90. The van der Waals surface area contributed by atoms with Crippen LogP contribution >= 0.6 is 0 Å². The molecule has 1 unspecified atom stereocenters. The Labute approximate surface area is 121 Å². The number of aromatic nitrogens is 1. The van der Waals surface area contributed by atoms with Crippen molar-refractivity contribution in [2.45, 2.75) is 19.6 Å². The van der Waals surface area contributed by atoms with Gasteiger partial charge >= 0.3 is 6.61 Å². The molecule has 0 spiro atoms. The standard InChI is InChI=1S/C15H16F2N2O2/c1-10(18-14(20)12-7-5-9-19(12)2)11-6-3-4-8-13(11)21-15(16)17/h3-10,15H,1-2H3,(H,18,20). The zero-order valence-electron chi connectivity index (χ0n) is 11.7. The van der Waals surface area contributed by atoms with Crippen LogP contribution in [0.15, 0.2) is 42.6 Å². The number of nitrogens with one attached hydrogen (secondary N) is 1. The van der Waals surface area contributed by atoms with E-state index in [2.05, 4.69) is 10.1 Å². The van der Waals surface area contributed by atoms with Gasteiger partial charge in [-0.3, -0.25) is 4.79 Å². The van der Waals surface area contributed by atoms with E-state index < -0.39 is 12.7 Å². The summed E-state index contributed by atoms with van der Waals surface area (Å²) in [6, 6.07) is 9.39. The van der Waals surface area contributed by atoms with Crippen molar-refractivity contribution in [3.63, 3.8) is 0 Å². The third-order valence-corrected chi connectivity index (χ3v) is 3.13. The quantitative estimate of drug-likeness (QED) is 0.920. The summed E-state index contributed by atoms with van der Waals surface area (Å²) in [4.78, 5) is 12.1. The summed E-state index contributed by atoms with van der Waals surface area (Å²) >= 11 is 0. The van der Waals surface area contributed by atoms with Gasteiger partial charge in [0.1, 0.15) is 11.4 Å². The molecule has 0 aliphatic heterocycles. The molecule has 0 fully saturated rings. The number of ether oxygens (including phenoxy) is 1. The first kappa shape index (κ1) is 15.0. The Kier molecular flexibility index (Phi) is 4.57. The Morgan fingerprint density at radius 3 is 2.57 bits per heavy atom. The van der Waals surface area contributed by atoms with Gasteiger partial charge in [0.05, 0.1) is 6.04 Å². The Morgan fingerprint density at radius 1 is 1.24 bits per heavy atom. The van der Waals surface area contributed by atoms with Gasteiger partial charge < -0.3 is 14.6 Å². The van der Waals surface area contributed by atoms with Gasteiger partial charge in [-0.15, -0.1) is 0 Å². The Hall–Kier alpha value is -2.37. The van der Waals surface area contributed by atoms with Gasteiger partial charge in [-0.1, -0.05) is 18.2 Å². The highest BCUT2D eigenvalue weighted by Gasteiger charge is 2.18. The van der Waals surface area contributed by atoms with Gasteiger partial charge in [-0.05, 0) is 25.1 Å². The largest absolute Gasteiger partial charge is 0.434 e. The van der Waals surface area contributed by atoms with Crippen LogP contribution in [-0.2, 0) is 7.05 Å². The zero-order valence-corrected chi connectivity index (χ0v) is 11.7. The van der Waals surface area contributed by atoms with Gasteiger partial charge in [0.2, 0.25) is 0 Å². The molecule has 0 saturated carbocycles. The third kappa shape index (κ3) is 3.59. The van der Waals surface area contributed by atoms with Crippen molar-refractivity contribution in [2.24, 2.45) is 7.05 Å². The maximum absolute atomic E-state index is 12.4. The summed E-state index contributed by atoms with van der Waals surface area (Å²) in [5.74, 6) is -0.214. The first-order valence-electron chi connectivity index (χ1n) is 6.45. The number of para-hydroxylation sites is 1. The smallest absolute Gasteiger partial charge is 0.387 e. The number of carbonyl (C=O) groups excluding carboxylic acids is 1. The first-order chi connectivity index (χ1) is 9.99.